The Hall–Kier alpha value is -0.790. The Labute approximate surface area is 67.7 Å². The average Bonchev–Trinajstić information content (AvgIpc) is 2.41. The fourth-order valence-corrected chi connectivity index (χ4v) is 1.93. The molecule has 0 aromatic carbocycles. The number of fused-ring (bicyclic) bond motifs is 1. The maximum Gasteiger partial charge on any atom is 0.193 e. The Morgan fingerprint density at radius 1 is 1.73 bits per heavy atom. The number of hydrazone groups is 1. The molecule has 1 saturated heterocycles. The minimum absolute atomic E-state index is 0.467. The lowest BCUT2D eigenvalue weighted by atomic mass is 10.6. The van der Waals surface area contributed by atoms with Crippen LogP contribution in [0.15, 0.2) is 5.10 Å². The molecule has 0 saturated carbocycles. The lowest BCUT2D eigenvalue weighted by molar-refractivity contribution is 0.177. The highest BCUT2D eigenvalue weighted by Gasteiger charge is 2.37. The molecule has 0 aromatic rings. The first kappa shape index (κ1) is 6.89. The lowest BCUT2D eigenvalue weighted by Crippen LogP contribution is -2.51. The number of hydrogen-bond acceptors (Lipinski definition) is 6. The summed E-state index contributed by atoms with van der Waals surface area (Å²) in [7, 11) is 0. The van der Waals surface area contributed by atoms with Crippen LogP contribution in [0.3, 0.4) is 0 Å². The van der Waals surface area contributed by atoms with E-state index in [9.17, 15) is 0 Å². The monoisotopic (exact) mass is 172 g/mol. The molecular weight excluding hydrogens is 164 g/mol. The third-order valence-electron chi connectivity index (χ3n) is 1.57. The zero-order chi connectivity index (χ0) is 8.01. The van der Waals surface area contributed by atoms with Gasteiger partial charge in [0.1, 0.15) is 5.84 Å². The van der Waals surface area contributed by atoms with Crippen LogP contribution in [0.5, 0.6) is 0 Å². The highest BCUT2D eigenvalue weighted by molar-refractivity contribution is 8.15. The highest BCUT2D eigenvalue weighted by Crippen LogP contribution is 2.25. The van der Waals surface area contributed by atoms with Gasteiger partial charge in [0, 0.05) is 0 Å². The lowest BCUT2D eigenvalue weighted by Gasteiger charge is -2.20. The van der Waals surface area contributed by atoms with Gasteiger partial charge in [-0.2, -0.15) is 5.12 Å². The van der Waals surface area contributed by atoms with Crippen LogP contribution in [0, 0.1) is 5.41 Å². The van der Waals surface area contributed by atoms with Crippen LogP contribution in [0.4, 0.5) is 0 Å². The van der Waals surface area contributed by atoms with Gasteiger partial charge in [0.15, 0.2) is 11.5 Å². The van der Waals surface area contributed by atoms with Crippen LogP contribution in [0.2, 0.25) is 0 Å². The Kier molecular flexibility index (Phi) is 1.31. The van der Waals surface area contributed by atoms with Gasteiger partial charge in [0.05, 0.1) is 5.75 Å². The minimum atomic E-state index is -0.493. The smallest absolute Gasteiger partial charge is 0.193 e. The molecule has 0 amide bonds. The van der Waals surface area contributed by atoms with Gasteiger partial charge in [-0.25, -0.2) is 5.84 Å². The normalized spacial score (nSPS) is 29.5. The molecule has 0 aromatic heterocycles. The van der Waals surface area contributed by atoms with E-state index >= 15 is 0 Å². The number of rotatable bonds is 0. The quantitative estimate of drug-likeness (QED) is 0.395. The molecule has 7 heteroatoms. The Balaban J connectivity index is 2.31. The van der Waals surface area contributed by atoms with E-state index in [0.29, 0.717) is 11.6 Å². The van der Waals surface area contributed by atoms with Gasteiger partial charge in [0.25, 0.3) is 0 Å². The second-order valence-corrected chi connectivity index (χ2v) is 3.22. The minimum Gasteiger partial charge on any atom is -0.291 e. The molecule has 0 bridgehead atoms. The summed E-state index contributed by atoms with van der Waals surface area (Å²) in [5.41, 5.74) is 5.61. The molecule has 2 rings (SSSR count). The number of nitrogens with one attached hydrogen (secondary N) is 1. The summed E-state index contributed by atoms with van der Waals surface area (Å²) >= 11 is 1.48. The molecule has 2 heterocycles. The van der Waals surface area contributed by atoms with Crippen molar-refractivity contribution in [3.05, 3.63) is 0 Å². The van der Waals surface area contributed by atoms with E-state index in [2.05, 4.69) is 5.10 Å². The standard InChI is InChI=1S/C4H8N6S/c5-2-1-11-4-8-10(7)3(6)9(2)4/h3,5H,1,6-7H2. The summed E-state index contributed by atoms with van der Waals surface area (Å²) in [5, 5.41) is 13.3. The van der Waals surface area contributed by atoms with Crippen LogP contribution >= 0.6 is 11.8 Å². The molecule has 6 nitrogen and oxygen atoms in total. The van der Waals surface area contributed by atoms with E-state index in [1.807, 2.05) is 0 Å². The number of hydrogen-bond donors (Lipinski definition) is 3. The van der Waals surface area contributed by atoms with E-state index in [1.165, 1.54) is 11.8 Å². The molecule has 1 atom stereocenters. The van der Waals surface area contributed by atoms with E-state index in [0.717, 1.165) is 10.3 Å². The maximum absolute atomic E-state index is 7.46. The van der Waals surface area contributed by atoms with Crippen LogP contribution < -0.4 is 11.6 Å². The molecule has 0 spiro atoms. The van der Waals surface area contributed by atoms with Crippen molar-refractivity contribution >= 4 is 22.8 Å². The zero-order valence-electron chi connectivity index (χ0n) is 5.69. The number of amidine groups is 2. The Morgan fingerprint density at radius 3 is 3.09 bits per heavy atom. The first-order chi connectivity index (χ1) is 5.20. The van der Waals surface area contributed by atoms with Crippen molar-refractivity contribution < 1.29 is 0 Å². The summed E-state index contributed by atoms with van der Waals surface area (Å²) in [6, 6.07) is 0. The van der Waals surface area contributed by atoms with Crippen LogP contribution in [-0.2, 0) is 0 Å². The van der Waals surface area contributed by atoms with Gasteiger partial charge in [-0.3, -0.25) is 16.0 Å². The average molecular weight is 172 g/mol. The van der Waals surface area contributed by atoms with Gasteiger partial charge in [0.2, 0.25) is 0 Å². The van der Waals surface area contributed by atoms with E-state index in [4.69, 9.17) is 17.0 Å². The van der Waals surface area contributed by atoms with Gasteiger partial charge >= 0.3 is 0 Å². The first-order valence-corrected chi connectivity index (χ1v) is 4.06. The van der Waals surface area contributed by atoms with Crippen molar-refractivity contribution in [1.82, 2.24) is 10.0 Å². The second-order valence-electron chi connectivity index (χ2n) is 2.28. The summed E-state index contributed by atoms with van der Waals surface area (Å²) in [6.45, 7) is 0. The Morgan fingerprint density at radius 2 is 2.45 bits per heavy atom. The molecule has 1 fully saturated rings. The van der Waals surface area contributed by atoms with Crippen molar-refractivity contribution in [2.45, 2.75) is 6.29 Å². The highest BCUT2D eigenvalue weighted by atomic mass is 32.2. The van der Waals surface area contributed by atoms with Crippen LogP contribution in [-0.4, -0.2) is 33.1 Å². The van der Waals surface area contributed by atoms with Crippen molar-refractivity contribution in [3.63, 3.8) is 0 Å². The molecule has 2 aliphatic heterocycles. The third-order valence-corrected chi connectivity index (χ3v) is 2.53. The molecule has 2 aliphatic rings. The van der Waals surface area contributed by atoms with Crippen molar-refractivity contribution in [1.29, 1.82) is 5.41 Å². The number of nitrogens with zero attached hydrogens (tertiary/aromatic N) is 3. The van der Waals surface area contributed by atoms with Gasteiger partial charge in [-0.15, -0.1) is 5.10 Å². The first-order valence-electron chi connectivity index (χ1n) is 3.08. The summed E-state index contributed by atoms with van der Waals surface area (Å²) < 4.78 is 0. The SMILES string of the molecule is N=C1CSC2=NN(N)C(N)N12. The van der Waals surface area contributed by atoms with E-state index in [-0.39, 0.29) is 0 Å². The zero-order valence-corrected chi connectivity index (χ0v) is 6.51. The third kappa shape index (κ3) is 0.817. The molecule has 60 valence electrons. The number of nitrogens with two attached hydrogens (primary N) is 2. The fourth-order valence-electron chi connectivity index (χ4n) is 1.01. The molecule has 0 aliphatic carbocycles. The van der Waals surface area contributed by atoms with Gasteiger partial charge in [-0.05, 0) is 0 Å². The molecule has 11 heavy (non-hydrogen) atoms. The summed E-state index contributed by atoms with van der Waals surface area (Å²) in [5.74, 6) is 6.51. The molecule has 5 N–H and O–H groups in total. The van der Waals surface area contributed by atoms with Crippen LogP contribution in [0.25, 0.3) is 0 Å². The summed E-state index contributed by atoms with van der Waals surface area (Å²) in [6.07, 6.45) is -0.493. The van der Waals surface area contributed by atoms with Crippen molar-refractivity contribution in [2.75, 3.05) is 5.75 Å². The predicted octanol–water partition coefficient (Wildman–Crippen LogP) is -1.28. The van der Waals surface area contributed by atoms with Gasteiger partial charge < -0.3 is 0 Å². The molecular formula is C4H8N6S. The van der Waals surface area contributed by atoms with E-state index < -0.39 is 6.29 Å². The van der Waals surface area contributed by atoms with Crippen molar-refractivity contribution in [2.24, 2.45) is 16.7 Å². The Bertz CT molecular complexity index is 237. The van der Waals surface area contributed by atoms with Crippen molar-refractivity contribution in [3.8, 4) is 0 Å². The van der Waals surface area contributed by atoms with Gasteiger partial charge in [-0.1, -0.05) is 11.8 Å². The molecule has 1 unspecified atom stereocenters. The van der Waals surface area contributed by atoms with Crippen LogP contribution in [0.1, 0.15) is 0 Å². The number of hydrazine groups is 1. The summed E-state index contributed by atoms with van der Waals surface area (Å²) in [4.78, 5) is 1.62. The second kappa shape index (κ2) is 2.10. The van der Waals surface area contributed by atoms with E-state index in [1.54, 1.807) is 4.90 Å². The number of thioether (sulfide) groups is 1. The largest absolute Gasteiger partial charge is 0.291 e. The maximum atomic E-state index is 7.46. The topological polar surface area (TPSA) is 94.7 Å². The molecule has 0 radical (unpaired) electrons. The predicted molar refractivity (Wildman–Crippen MR) is 43.5 cm³/mol. The fraction of sp³-hybridized carbons (Fsp3) is 0.500.